The van der Waals surface area contributed by atoms with Crippen molar-refractivity contribution in [3.05, 3.63) is 143 Å². The first-order valence-corrected chi connectivity index (χ1v) is 14.7. The molecule has 0 saturated carbocycles. The third-order valence-corrected chi connectivity index (χ3v) is 9.19. The molecule has 1 saturated heterocycles. The van der Waals surface area contributed by atoms with E-state index >= 15 is 0 Å². The van der Waals surface area contributed by atoms with E-state index in [0.29, 0.717) is 15.1 Å². The molecule has 4 aromatic carbocycles. The number of hydrogen-bond donors (Lipinski definition) is 2. The Morgan fingerprint density at radius 2 is 1.24 bits per heavy atom. The molecule has 0 bridgehead atoms. The van der Waals surface area contributed by atoms with E-state index in [2.05, 4.69) is 5.32 Å². The molecule has 0 unspecified atom stereocenters. The number of nitrogens with one attached hydrogen (secondary N) is 1. The van der Waals surface area contributed by atoms with Crippen LogP contribution < -0.4 is 5.32 Å². The standard InChI is InChI=1S/C29H25ClN2O4S2/c30-25-18-16-21(17-19-25)20-37-28-26(27(33)32(28)38(34,35)36)31-29(22-10-4-1-5-11-22,23-12-6-2-7-13-23)24-14-8-3-9-15-24/h1-19,26,28,31H,20H2,(H,34,35,36)/t26-,28+/m1/s1. The van der Waals surface area contributed by atoms with Crippen LogP contribution in [0, 0.1) is 0 Å². The summed E-state index contributed by atoms with van der Waals surface area (Å²) in [5.74, 6) is -0.304. The van der Waals surface area contributed by atoms with E-state index in [0.717, 1.165) is 22.3 Å². The summed E-state index contributed by atoms with van der Waals surface area (Å²) in [5, 5.41) is 3.28. The van der Waals surface area contributed by atoms with Crippen molar-refractivity contribution >= 4 is 39.6 Å². The van der Waals surface area contributed by atoms with Gasteiger partial charge in [-0.15, -0.1) is 11.8 Å². The van der Waals surface area contributed by atoms with Gasteiger partial charge in [0.1, 0.15) is 11.4 Å². The van der Waals surface area contributed by atoms with Crippen LogP contribution in [0.2, 0.25) is 5.02 Å². The number of benzene rings is 4. The van der Waals surface area contributed by atoms with Gasteiger partial charge in [-0.1, -0.05) is 115 Å². The topological polar surface area (TPSA) is 86.7 Å². The number of thioether (sulfide) groups is 1. The summed E-state index contributed by atoms with van der Waals surface area (Å²) in [4.78, 5) is 13.3. The number of hydrogen-bond acceptors (Lipinski definition) is 5. The minimum Gasteiger partial charge on any atom is -0.286 e. The summed E-state index contributed by atoms with van der Waals surface area (Å²) < 4.78 is 34.9. The molecule has 0 spiro atoms. The normalized spacial score (nSPS) is 17.7. The maximum Gasteiger partial charge on any atom is 0.363 e. The Morgan fingerprint density at radius 1 is 0.789 bits per heavy atom. The van der Waals surface area contributed by atoms with Gasteiger partial charge in [-0.2, -0.15) is 12.7 Å². The van der Waals surface area contributed by atoms with Gasteiger partial charge in [-0.25, -0.2) is 0 Å². The Bertz CT molecular complexity index is 1410. The van der Waals surface area contributed by atoms with Crippen molar-refractivity contribution in [1.29, 1.82) is 0 Å². The SMILES string of the molecule is O=C1[C@@H](NC(c2ccccc2)(c2ccccc2)c2ccccc2)[C@H](SCc2ccc(Cl)cc2)N1S(=O)(=O)O. The second kappa shape index (κ2) is 10.9. The number of rotatable bonds is 9. The molecule has 1 fully saturated rings. The minimum absolute atomic E-state index is 0.411. The van der Waals surface area contributed by atoms with Crippen molar-refractivity contribution in [3.8, 4) is 0 Å². The summed E-state index contributed by atoms with van der Waals surface area (Å²) in [6.45, 7) is 0. The first-order valence-electron chi connectivity index (χ1n) is 11.9. The highest BCUT2D eigenvalue weighted by molar-refractivity contribution is 8.00. The van der Waals surface area contributed by atoms with E-state index < -0.39 is 33.2 Å². The third kappa shape index (κ3) is 5.10. The predicted molar refractivity (Wildman–Crippen MR) is 151 cm³/mol. The van der Waals surface area contributed by atoms with Gasteiger partial charge >= 0.3 is 10.3 Å². The van der Waals surface area contributed by atoms with Crippen molar-refractivity contribution in [2.75, 3.05) is 0 Å². The molecule has 1 aliphatic heterocycles. The number of amides is 1. The highest BCUT2D eigenvalue weighted by atomic mass is 35.5. The summed E-state index contributed by atoms with van der Waals surface area (Å²) in [5.41, 5.74) is 2.59. The van der Waals surface area contributed by atoms with E-state index in [9.17, 15) is 17.8 Å². The summed E-state index contributed by atoms with van der Waals surface area (Å²) in [6.07, 6.45) is 0. The fourth-order valence-corrected chi connectivity index (χ4v) is 7.32. The predicted octanol–water partition coefficient (Wildman–Crippen LogP) is 5.49. The monoisotopic (exact) mass is 564 g/mol. The molecule has 4 aromatic rings. The minimum atomic E-state index is -4.76. The van der Waals surface area contributed by atoms with Gasteiger partial charge in [0, 0.05) is 10.8 Å². The van der Waals surface area contributed by atoms with Crippen LogP contribution in [0.4, 0.5) is 0 Å². The fraction of sp³-hybridized carbons (Fsp3) is 0.138. The maximum atomic E-state index is 13.3. The molecule has 0 aromatic heterocycles. The van der Waals surface area contributed by atoms with Crippen LogP contribution in [-0.4, -0.2) is 34.6 Å². The Hall–Kier alpha value is -3.14. The zero-order valence-electron chi connectivity index (χ0n) is 20.1. The molecule has 6 nitrogen and oxygen atoms in total. The molecular weight excluding hydrogens is 540 g/mol. The molecule has 0 aliphatic carbocycles. The highest BCUT2D eigenvalue weighted by Gasteiger charge is 2.56. The average Bonchev–Trinajstić information content (AvgIpc) is 2.93. The highest BCUT2D eigenvalue weighted by Crippen LogP contribution is 2.42. The smallest absolute Gasteiger partial charge is 0.286 e. The lowest BCUT2D eigenvalue weighted by atomic mass is 9.76. The van der Waals surface area contributed by atoms with E-state index in [1.165, 1.54) is 11.8 Å². The summed E-state index contributed by atoms with van der Waals surface area (Å²) in [7, 11) is -4.76. The van der Waals surface area contributed by atoms with Crippen LogP contribution in [0.15, 0.2) is 115 Å². The molecule has 1 heterocycles. The average molecular weight is 565 g/mol. The van der Waals surface area contributed by atoms with Crippen LogP contribution in [0.25, 0.3) is 0 Å². The Morgan fingerprint density at radius 3 is 1.66 bits per heavy atom. The number of β-lactam (4-membered cyclic amide) rings is 1. The second-order valence-corrected chi connectivity index (χ2v) is 11.7. The van der Waals surface area contributed by atoms with Crippen LogP contribution >= 0.6 is 23.4 Å². The van der Waals surface area contributed by atoms with Gasteiger partial charge < -0.3 is 0 Å². The molecule has 9 heteroatoms. The molecule has 194 valence electrons. The first-order chi connectivity index (χ1) is 18.3. The van der Waals surface area contributed by atoms with Crippen LogP contribution in [0.1, 0.15) is 22.3 Å². The molecule has 2 atom stereocenters. The van der Waals surface area contributed by atoms with E-state index in [1.54, 1.807) is 12.1 Å². The molecule has 1 amide bonds. The third-order valence-electron chi connectivity index (χ3n) is 6.57. The van der Waals surface area contributed by atoms with Crippen molar-refractivity contribution in [1.82, 2.24) is 9.62 Å². The molecule has 0 radical (unpaired) electrons. The largest absolute Gasteiger partial charge is 0.363 e. The molecule has 5 rings (SSSR count). The summed E-state index contributed by atoms with van der Waals surface area (Å²) >= 11 is 7.26. The maximum absolute atomic E-state index is 13.3. The summed E-state index contributed by atoms with van der Waals surface area (Å²) in [6, 6.07) is 35.5. The number of halogens is 1. The van der Waals surface area contributed by atoms with Gasteiger partial charge in [-0.3, -0.25) is 14.7 Å². The lowest BCUT2D eigenvalue weighted by molar-refractivity contribution is -0.139. The van der Waals surface area contributed by atoms with Crippen molar-refractivity contribution in [2.24, 2.45) is 0 Å². The zero-order chi connectivity index (χ0) is 26.8. The van der Waals surface area contributed by atoms with E-state index in [1.807, 2.05) is 103 Å². The van der Waals surface area contributed by atoms with Gasteiger partial charge in [0.25, 0.3) is 5.91 Å². The number of carbonyl (C=O) groups excluding carboxylic acids is 1. The molecule has 2 N–H and O–H groups in total. The number of nitrogens with zero attached hydrogens (tertiary/aromatic N) is 1. The van der Waals surface area contributed by atoms with Crippen LogP contribution in [0.5, 0.6) is 0 Å². The Balaban J connectivity index is 1.59. The van der Waals surface area contributed by atoms with E-state index in [4.69, 9.17) is 11.6 Å². The number of carbonyl (C=O) groups is 1. The lowest BCUT2D eigenvalue weighted by Gasteiger charge is -2.49. The van der Waals surface area contributed by atoms with E-state index in [-0.39, 0.29) is 0 Å². The fourth-order valence-electron chi connectivity index (χ4n) is 4.79. The van der Waals surface area contributed by atoms with Crippen LogP contribution in [0.3, 0.4) is 0 Å². The zero-order valence-corrected chi connectivity index (χ0v) is 22.5. The lowest BCUT2D eigenvalue weighted by Crippen LogP contribution is -2.72. The quantitative estimate of drug-likeness (QED) is 0.159. The van der Waals surface area contributed by atoms with Crippen molar-refractivity contribution < 1.29 is 17.8 Å². The van der Waals surface area contributed by atoms with Gasteiger partial charge in [0.05, 0.1) is 5.54 Å². The van der Waals surface area contributed by atoms with Crippen molar-refractivity contribution in [2.45, 2.75) is 22.7 Å². The van der Waals surface area contributed by atoms with Gasteiger partial charge in [0.15, 0.2) is 0 Å². The van der Waals surface area contributed by atoms with Gasteiger partial charge in [0.2, 0.25) is 0 Å². The first kappa shape index (κ1) is 26.5. The van der Waals surface area contributed by atoms with Crippen LogP contribution in [-0.2, 0) is 26.4 Å². The molecule has 1 aliphatic rings. The second-order valence-electron chi connectivity index (χ2n) is 8.91. The molecule has 38 heavy (non-hydrogen) atoms. The Labute approximate surface area is 231 Å². The van der Waals surface area contributed by atoms with Crippen molar-refractivity contribution in [3.63, 3.8) is 0 Å². The Kier molecular flexibility index (Phi) is 7.61. The van der Waals surface area contributed by atoms with Gasteiger partial charge in [-0.05, 0) is 34.4 Å². The molecular formula is C29H25ClN2O4S2.